The SMILES string of the molecule is O=C(O)CCn1c(=O)[nH]c2cc(Cl)c(Cl)cc21. The van der Waals surface area contributed by atoms with E-state index >= 15 is 0 Å². The number of aromatic nitrogens is 2. The first-order chi connectivity index (χ1) is 7.99. The summed E-state index contributed by atoms with van der Waals surface area (Å²) in [5.41, 5.74) is 0.708. The molecule has 0 unspecified atom stereocenters. The fraction of sp³-hybridized carbons (Fsp3) is 0.200. The smallest absolute Gasteiger partial charge is 0.326 e. The maximum absolute atomic E-state index is 11.6. The van der Waals surface area contributed by atoms with Gasteiger partial charge in [0.2, 0.25) is 0 Å². The fourth-order valence-corrected chi connectivity index (χ4v) is 1.90. The van der Waals surface area contributed by atoms with E-state index in [0.29, 0.717) is 21.1 Å². The zero-order valence-electron chi connectivity index (χ0n) is 8.54. The van der Waals surface area contributed by atoms with Crippen LogP contribution in [0.3, 0.4) is 0 Å². The van der Waals surface area contributed by atoms with Crippen molar-refractivity contribution >= 4 is 40.2 Å². The molecule has 0 aliphatic carbocycles. The van der Waals surface area contributed by atoms with Crippen molar-refractivity contribution in [2.45, 2.75) is 13.0 Å². The van der Waals surface area contributed by atoms with Crippen molar-refractivity contribution in [1.82, 2.24) is 9.55 Å². The average molecular weight is 275 g/mol. The molecule has 2 N–H and O–H groups in total. The first-order valence-corrected chi connectivity index (χ1v) is 5.54. The molecule has 0 aliphatic heterocycles. The van der Waals surface area contributed by atoms with Gasteiger partial charge in [-0.25, -0.2) is 4.79 Å². The predicted octanol–water partition coefficient (Wildman–Crippen LogP) is 2.11. The molecule has 0 fully saturated rings. The van der Waals surface area contributed by atoms with Crippen molar-refractivity contribution in [3.05, 3.63) is 32.7 Å². The number of imidazole rings is 1. The Hall–Kier alpha value is -1.46. The monoisotopic (exact) mass is 274 g/mol. The number of carboxylic acids is 1. The van der Waals surface area contributed by atoms with Gasteiger partial charge in [0, 0.05) is 6.54 Å². The maximum Gasteiger partial charge on any atom is 0.326 e. The molecule has 1 heterocycles. The highest BCUT2D eigenvalue weighted by Gasteiger charge is 2.10. The van der Waals surface area contributed by atoms with Crippen LogP contribution < -0.4 is 5.69 Å². The maximum atomic E-state index is 11.6. The molecule has 0 saturated heterocycles. The van der Waals surface area contributed by atoms with Gasteiger partial charge in [0.15, 0.2) is 0 Å². The number of carbonyl (C=O) groups is 1. The number of hydrogen-bond acceptors (Lipinski definition) is 2. The Morgan fingerprint density at radius 2 is 2.00 bits per heavy atom. The third kappa shape index (κ3) is 2.30. The summed E-state index contributed by atoms with van der Waals surface area (Å²) in [5, 5.41) is 9.26. The van der Waals surface area contributed by atoms with E-state index in [1.165, 1.54) is 10.6 Å². The summed E-state index contributed by atoms with van der Waals surface area (Å²) < 4.78 is 1.33. The van der Waals surface area contributed by atoms with Gasteiger partial charge >= 0.3 is 11.7 Å². The summed E-state index contributed by atoms with van der Waals surface area (Å²) in [7, 11) is 0. The minimum Gasteiger partial charge on any atom is -0.481 e. The highest BCUT2D eigenvalue weighted by atomic mass is 35.5. The van der Waals surface area contributed by atoms with Crippen molar-refractivity contribution in [2.75, 3.05) is 0 Å². The number of halogens is 2. The van der Waals surface area contributed by atoms with Crippen LogP contribution >= 0.6 is 23.2 Å². The first-order valence-electron chi connectivity index (χ1n) is 4.78. The topological polar surface area (TPSA) is 75.1 Å². The molecule has 1 aromatic carbocycles. The van der Waals surface area contributed by atoms with Crippen LogP contribution in [0, 0.1) is 0 Å². The van der Waals surface area contributed by atoms with Gasteiger partial charge in [-0.05, 0) is 12.1 Å². The third-order valence-electron chi connectivity index (χ3n) is 2.37. The highest BCUT2D eigenvalue weighted by Crippen LogP contribution is 2.26. The number of aliphatic carboxylic acids is 1. The molecule has 0 atom stereocenters. The van der Waals surface area contributed by atoms with E-state index in [0.717, 1.165) is 0 Å². The summed E-state index contributed by atoms with van der Waals surface area (Å²) in [6, 6.07) is 3.08. The lowest BCUT2D eigenvalue weighted by molar-refractivity contribution is -0.137. The Balaban J connectivity index is 2.54. The number of H-pyrrole nitrogens is 1. The molecule has 2 rings (SSSR count). The van der Waals surface area contributed by atoms with E-state index in [1.54, 1.807) is 6.07 Å². The summed E-state index contributed by atoms with van der Waals surface area (Å²) >= 11 is 11.7. The Morgan fingerprint density at radius 3 is 2.65 bits per heavy atom. The van der Waals surface area contributed by atoms with Crippen molar-refractivity contribution in [3.63, 3.8) is 0 Å². The zero-order chi connectivity index (χ0) is 12.6. The van der Waals surface area contributed by atoms with Crippen LogP contribution in [-0.2, 0) is 11.3 Å². The van der Waals surface area contributed by atoms with E-state index in [-0.39, 0.29) is 18.7 Å². The highest BCUT2D eigenvalue weighted by molar-refractivity contribution is 6.42. The van der Waals surface area contributed by atoms with Gasteiger partial charge in [0.25, 0.3) is 0 Å². The molecule has 0 amide bonds. The van der Waals surface area contributed by atoms with E-state index in [9.17, 15) is 9.59 Å². The van der Waals surface area contributed by atoms with Crippen molar-refractivity contribution in [1.29, 1.82) is 0 Å². The summed E-state index contributed by atoms with van der Waals surface area (Å²) in [6.07, 6.45) is -0.132. The lowest BCUT2D eigenvalue weighted by atomic mass is 10.3. The normalized spacial score (nSPS) is 10.9. The van der Waals surface area contributed by atoms with E-state index in [2.05, 4.69) is 4.98 Å². The number of carboxylic acid groups (broad SMARTS) is 1. The predicted molar refractivity (Wildman–Crippen MR) is 64.8 cm³/mol. The average Bonchev–Trinajstić information content (AvgIpc) is 2.52. The summed E-state index contributed by atoms with van der Waals surface area (Å²) in [6.45, 7) is 0.0894. The van der Waals surface area contributed by atoms with Crippen LogP contribution in [0.5, 0.6) is 0 Å². The molecule has 0 aliphatic rings. The minimum atomic E-state index is -0.966. The molecule has 17 heavy (non-hydrogen) atoms. The van der Waals surface area contributed by atoms with Gasteiger partial charge in [0.1, 0.15) is 0 Å². The van der Waals surface area contributed by atoms with E-state index in [1.807, 2.05) is 0 Å². The third-order valence-corrected chi connectivity index (χ3v) is 3.09. The van der Waals surface area contributed by atoms with E-state index in [4.69, 9.17) is 28.3 Å². The van der Waals surface area contributed by atoms with Crippen LogP contribution in [0.25, 0.3) is 11.0 Å². The molecule has 0 radical (unpaired) electrons. The lowest BCUT2D eigenvalue weighted by Gasteiger charge is -2.01. The van der Waals surface area contributed by atoms with Crippen LogP contribution in [0.15, 0.2) is 16.9 Å². The van der Waals surface area contributed by atoms with Gasteiger partial charge in [0.05, 0.1) is 27.5 Å². The molecule has 0 saturated carbocycles. The molecular formula is C10H8Cl2N2O3. The van der Waals surface area contributed by atoms with Crippen LogP contribution in [-0.4, -0.2) is 20.6 Å². The minimum absolute atomic E-state index is 0.0894. The van der Waals surface area contributed by atoms with Crippen LogP contribution in [0.1, 0.15) is 6.42 Å². The number of aromatic amines is 1. The zero-order valence-corrected chi connectivity index (χ0v) is 10.0. The number of aryl methyl sites for hydroxylation is 1. The van der Waals surface area contributed by atoms with E-state index < -0.39 is 5.97 Å². The fourth-order valence-electron chi connectivity index (χ4n) is 1.58. The van der Waals surface area contributed by atoms with Gasteiger partial charge in [-0.1, -0.05) is 23.2 Å². The van der Waals surface area contributed by atoms with Crippen molar-refractivity contribution in [3.8, 4) is 0 Å². The second-order valence-electron chi connectivity index (χ2n) is 3.51. The largest absolute Gasteiger partial charge is 0.481 e. The Labute approximate surface area is 106 Å². The molecule has 5 nitrogen and oxygen atoms in total. The lowest BCUT2D eigenvalue weighted by Crippen LogP contribution is -2.18. The van der Waals surface area contributed by atoms with Gasteiger partial charge in [-0.3, -0.25) is 9.36 Å². The first kappa shape index (κ1) is 12.0. The standard InChI is InChI=1S/C10H8Cl2N2O3/c11-5-3-7-8(4-6(5)12)14(10(17)13-7)2-1-9(15)16/h3-4H,1-2H2,(H,13,17)(H,15,16). The molecule has 7 heteroatoms. The van der Waals surface area contributed by atoms with Crippen molar-refractivity contribution in [2.24, 2.45) is 0 Å². The molecule has 1 aromatic heterocycles. The number of rotatable bonds is 3. The number of hydrogen-bond donors (Lipinski definition) is 2. The Bertz CT molecular complexity index is 645. The number of fused-ring (bicyclic) bond motifs is 1. The molecule has 0 spiro atoms. The van der Waals surface area contributed by atoms with Gasteiger partial charge < -0.3 is 10.1 Å². The summed E-state index contributed by atoms with van der Waals surface area (Å²) in [4.78, 5) is 24.7. The van der Waals surface area contributed by atoms with Gasteiger partial charge in [-0.2, -0.15) is 0 Å². The number of benzene rings is 1. The summed E-state index contributed by atoms with van der Waals surface area (Å²) in [5.74, 6) is -0.966. The number of nitrogens with one attached hydrogen (secondary N) is 1. The Morgan fingerprint density at radius 1 is 1.35 bits per heavy atom. The van der Waals surface area contributed by atoms with Crippen LogP contribution in [0.4, 0.5) is 0 Å². The Kier molecular flexibility index (Phi) is 3.13. The van der Waals surface area contributed by atoms with Crippen molar-refractivity contribution < 1.29 is 9.90 Å². The quantitative estimate of drug-likeness (QED) is 0.900. The molecule has 90 valence electrons. The number of nitrogens with zero attached hydrogens (tertiary/aromatic N) is 1. The molecule has 2 aromatic rings. The van der Waals surface area contributed by atoms with Gasteiger partial charge in [-0.15, -0.1) is 0 Å². The molecular weight excluding hydrogens is 267 g/mol. The second kappa shape index (κ2) is 4.43. The second-order valence-corrected chi connectivity index (χ2v) is 4.32. The van der Waals surface area contributed by atoms with Crippen LogP contribution in [0.2, 0.25) is 10.0 Å². The molecule has 0 bridgehead atoms.